The summed E-state index contributed by atoms with van der Waals surface area (Å²) in [5.41, 5.74) is 1.94. The summed E-state index contributed by atoms with van der Waals surface area (Å²) >= 11 is 7.17. The molecule has 0 aliphatic heterocycles. The Hall–Kier alpha value is -1.65. The summed E-state index contributed by atoms with van der Waals surface area (Å²) in [4.78, 5) is 12.7. The summed E-state index contributed by atoms with van der Waals surface area (Å²) in [5.74, 6) is 0.689. The first-order valence-electron chi connectivity index (χ1n) is 6.01. The molecule has 0 unspecified atom stereocenters. The molecule has 0 radical (unpaired) electrons. The highest BCUT2D eigenvalue weighted by Gasteiger charge is 2.08. The number of rotatable bonds is 3. The number of benzene rings is 1. The van der Waals surface area contributed by atoms with Crippen LogP contribution in [0.1, 0.15) is 16.9 Å². The zero-order chi connectivity index (χ0) is 14.5. The molecule has 0 atom stereocenters. The average molecular weight is 308 g/mol. The van der Waals surface area contributed by atoms with Crippen molar-refractivity contribution in [1.29, 1.82) is 0 Å². The quantitative estimate of drug-likeness (QED) is 0.809. The van der Waals surface area contributed by atoms with Gasteiger partial charge in [0.2, 0.25) is 0 Å². The van der Waals surface area contributed by atoms with Crippen molar-refractivity contribution >= 4 is 34.7 Å². The van der Waals surface area contributed by atoms with Crippen molar-refractivity contribution in [2.75, 3.05) is 0 Å². The number of hydrogen-bond acceptors (Lipinski definition) is 3. The maximum Gasteiger partial charge on any atom is 0.287 e. The van der Waals surface area contributed by atoms with Crippen LogP contribution in [0.5, 0.6) is 0 Å². The molecule has 1 aromatic heterocycles. The maximum absolute atomic E-state index is 11.8. The minimum Gasteiger partial charge on any atom is -0.465 e. The molecule has 20 heavy (non-hydrogen) atoms. The molecule has 0 bridgehead atoms. The van der Waals surface area contributed by atoms with Gasteiger partial charge in [0.05, 0.1) is 6.26 Å². The first kappa shape index (κ1) is 14.8. The van der Waals surface area contributed by atoms with E-state index in [9.17, 15) is 4.79 Å². The van der Waals surface area contributed by atoms with Gasteiger partial charge in [-0.25, -0.2) is 0 Å². The van der Waals surface area contributed by atoms with Gasteiger partial charge >= 0.3 is 0 Å². The van der Waals surface area contributed by atoms with Gasteiger partial charge in [0.25, 0.3) is 5.24 Å². The molecule has 0 spiro atoms. The molecule has 5 heteroatoms. The Morgan fingerprint density at radius 1 is 1.35 bits per heavy atom. The third-order valence-corrected chi connectivity index (χ3v) is 4.02. The number of thioether (sulfide) groups is 1. The first-order valence-corrected chi connectivity index (χ1v) is 7.21. The Bertz CT molecular complexity index is 636. The largest absolute Gasteiger partial charge is 0.465 e. The van der Waals surface area contributed by atoms with E-state index in [4.69, 9.17) is 16.0 Å². The SMILES string of the molecule is Cc1cc(SC(=O)N/C=C/c2ccco2)c(C)cc1Cl. The zero-order valence-electron chi connectivity index (χ0n) is 11.1. The van der Waals surface area contributed by atoms with Crippen molar-refractivity contribution in [2.45, 2.75) is 18.7 Å². The molecule has 0 aliphatic rings. The smallest absolute Gasteiger partial charge is 0.287 e. The third kappa shape index (κ3) is 3.92. The molecule has 2 rings (SSSR count). The van der Waals surface area contributed by atoms with E-state index in [1.807, 2.05) is 32.0 Å². The van der Waals surface area contributed by atoms with Gasteiger partial charge in [-0.1, -0.05) is 11.6 Å². The van der Waals surface area contributed by atoms with E-state index in [0.717, 1.165) is 27.8 Å². The van der Waals surface area contributed by atoms with Crippen LogP contribution < -0.4 is 5.32 Å². The van der Waals surface area contributed by atoms with E-state index in [1.54, 1.807) is 24.6 Å². The maximum atomic E-state index is 11.8. The summed E-state index contributed by atoms with van der Waals surface area (Å²) < 4.78 is 5.12. The van der Waals surface area contributed by atoms with Crippen LogP contribution in [0.25, 0.3) is 6.08 Å². The van der Waals surface area contributed by atoms with Gasteiger partial charge in [-0.15, -0.1) is 0 Å². The van der Waals surface area contributed by atoms with Crippen LogP contribution in [0.15, 0.2) is 46.0 Å². The molecular weight excluding hydrogens is 294 g/mol. The Balaban J connectivity index is 1.96. The summed E-state index contributed by atoms with van der Waals surface area (Å²) in [6.07, 6.45) is 4.83. The van der Waals surface area contributed by atoms with E-state index in [2.05, 4.69) is 5.32 Å². The summed E-state index contributed by atoms with van der Waals surface area (Å²) in [6.45, 7) is 3.85. The number of furan rings is 1. The second-order valence-corrected chi connectivity index (χ2v) is 5.67. The molecule has 1 heterocycles. The monoisotopic (exact) mass is 307 g/mol. The normalized spacial score (nSPS) is 10.9. The van der Waals surface area contributed by atoms with Gasteiger partial charge < -0.3 is 9.73 Å². The van der Waals surface area contributed by atoms with Crippen molar-refractivity contribution in [3.05, 3.63) is 58.6 Å². The number of halogens is 1. The summed E-state index contributed by atoms with van der Waals surface area (Å²) in [7, 11) is 0. The molecule has 0 saturated heterocycles. The van der Waals surface area contributed by atoms with Crippen molar-refractivity contribution in [3.8, 4) is 0 Å². The summed E-state index contributed by atoms with van der Waals surface area (Å²) in [5, 5.41) is 3.24. The highest BCUT2D eigenvalue weighted by molar-refractivity contribution is 8.13. The Morgan fingerprint density at radius 3 is 2.85 bits per heavy atom. The predicted molar refractivity (Wildman–Crippen MR) is 83.1 cm³/mol. The topological polar surface area (TPSA) is 42.2 Å². The average Bonchev–Trinajstić information content (AvgIpc) is 2.89. The van der Waals surface area contributed by atoms with Crippen LogP contribution in [0.3, 0.4) is 0 Å². The summed E-state index contributed by atoms with van der Waals surface area (Å²) in [6, 6.07) is 7.38. The first-order chi connectivity index (χ1) is 9.56. The molecule has 2 aromatic rings. The van der Waals surface area contributed by atoms with Gasteiger partial charge in [0.1, 0.15) is 5.76 Å². The number of nitrogens with one attached hydrogen (secondary N) is 1. The lowest BCUT2D eigenvalue weighted by atomic mass is 10.2. The highest BCUT2D eigenvalue weighted by atomic mass is 35.5. The molecule has 0 fully saturated rings. The number of amides is 1. The van der Waals surface area contributed by atoms with Crippen LogP contribution in [0.2, 0.25) is 5.02 Å². The van der Waals surface area contributed by atoms with Crippen LogP contribution in [0, 0.1) is 13.8 Å². The molecule has 1 amide bonds. The fourth-order valence-corrected chi connectivity index (χ4v) is 2.57. The van der Waals surface area contributed by atoms with Crippen LogP contribution in [-0.4, -0.2) is 5.24 Å². The number of carbonyl (C=O) groups excluding carboxylic acids is 1. The van der Waals surface area contributed by atoms with Crippen LogP contribution >= 0.6 is 23.4 Å². The number of carbonyl (C=O) groups is 1. The molecule has 0 aliphatic carbocycles. The number of hydrogen-bond donors (Lipinski definition) is 1. The fraction of sp³-hybridized carbons (Fsp3) is 0.133. The molecule has 0 saturated carbocycles. The molecule has 104 valence electrons. The van der Waals surface area contributed by atoms with E-state index in [0.29, 0.717) is 10.8 Å². The zero-order valence-corrected chi connectivity index (χ0v) is 12.7. The van der Waals surface area contributed by atoms with Gasteiger partial charge in [0.15, 0.2) is 0 Å². The molecule has 1 aromatic carbocycles. The lowest BCUT2D eigenvalue weighted by Crippen LogP contribution is -2.10. The van der Waals surface area contributed by atoms with Crippen LogP contribution in [0.4, 0.5) is 4.79 Å². The van der Waals surface area contributed by atoms with Gasteiger partial charge in [-0.2, -0.15) is 0 Å². The van der Waals surface area contributed by atoms with Crippen molar-refractivity contribution < 1.29 is 9.21 Å². The Morgan fingerprint density at radius 2 is 2.15 bits per heavy atom. The minimum absolute atomic E-state index is 0.155. The number of aryl methyl sites for hydroxylation is 2. The Labute approximate surface area is 127 Å². The van der Waals surface area contributed by atoms with E-state index in [-0.39, 0.29) is 5.24 Å². The van der Waals surface area contributed by atoms with Gasteiger partial charge in [-0.3, -0.25) is 4.79 Å². The molecule has 3 nitrogen and oxygen atoms in total. The van der Waals surface area contributed by atoms with Crippen molar-refractivity contribution in [3.63, 3.8) is 0 Å². The predicted octanol–water partition coefficient (Wildman–Crippen LogP) is 5.02. The standard InChI is InChI=1S/C15H14ClNO2S/c1-10-9-14(11(2)8-13(10)16)20-15(18)17-6-5-12-4-3-7-19-12/h3-9H,1-2H3,(H,17,18)/b6-5+. The fourth-order valence-electron chi connectivity index (χ4n) is 1.57. The second kappa shape index (κ2) is 6.68. The van der Waals surface area contributed by atoms with E-state index >= 15 is 0 Å². The van der Waals surface area contributed by atoms with Crippen molar-refractivity contribution in [1.82, 2.24) is 5.32 Å². The molecular formula is C15H14ClNO2S. The Kier molecular flexibility index (Phi) is 4.93. The van der Waals surface area contributed by atoms with Gasteiger partial charge in [-0.05, 0) is 67.1 Å². The van der Waals surface area contributed by atoms with E-state index in [1.165, 1.54) is 0 Å². The lowest BCUT2D eigenvalue weighted by Gasteiger charge is -2.07. The third-order valence-electron chi connectivity index (χ3n) is 2.65. The molecule has 1 N–H and O–H groups in total. The van der Waals surface area contributed by atoms with Gasteiger partial charge in [0, 0.05) is 16.1 Å². The van der Waals surface area contributed by atoms with Crippen molar-refractivity contribution in [2.24, 2.45) is 0 Å². The second-order valence-electron chi connectivity index (χ2n) is 4.25. The van der Waals surface area contributed by atoms with Crippen LogP contribution in [-0.2, 0) is 0 Å². The lowest BCUT2D eigenvalue weighted by molar-refractivity contribution is 0.263. The minimum atomic E-state index is -0.155. The van der Waals surface area contributed by atoms with E-state index < -0.39 is 0 Å². The highest BCUT2D eigenvalue weighted by Crippen LogP contribution is 2.28.